The van der Waals surface area contributed by atoms with E-state index < -0.39 is 0 Å². The quantitative estimate of drug-likeness (QED) is 0.677. The number of hydrogen-bond donors (Lipinski definition) is 1. The molecule has 0 aliphatic carbocycles. The molecule has 1 heterocycles. The van der Waals surface area contributed by atoms with Crippen LogP contribution in [-0.4, -0.2) is 51.2 Å². The molecule has 0 aromatic heterocycles. The molecule has 0 aromatic carbocycles. The van der Waals surface area contributed by atoms with Gasteiger partial charge in [-0.05, 0) is 18.8 Å². The standard InChI is InChI=1S/C11H22N2O2/c1-13(2)11(14)5-6-12-8-10-4-3-7-15-9-10/h10,12H,3-9H2,1-2H3. The monoisotopic (exact) mass is 214 g/mol. The van der Waals surface area contributed by atoms with Crippen LogP contribution in [0, 0.1) is 5.92 Å². The number of rotatable bonds is 5. The molecule has 1 aliphatic heterocycles. The molecular weight excluding hydrogens is 192 g/mol. The molecule has 1 N–H and O–H groups in total. The predicted molar refractivity (Wildman–Crippen MR) is 59.7 cm³/mol. The van der Waals surface area contributed by atoms with Crippen molar-refractivity contribution >= 4 is 5.91 Å². The third-order valence-electron chi connectivity index (χ3n) is 2.70. The number of amides is 1. The molecule has 4 nitrogen and oxygen atoms in total. The van der Waals surface area contributed by atoms with Crippen molar-refractivity contribution in [1.82, 2.24) is 10.2 Å². The van der Waals surface area contributed by atoms with E-state index in [1.165, 1.54) is 12.8 Å². The molecule has 1 atom stereocenters. The molecule has 0 saturated carbocycles. The molecule has 0 radical (unpaired) electrons. The molecule has 1 amide bonds. The molecule has 15 heavy (non-hydrogen) atoms. The van der Waals surface area contributed by atoms with Gasteiger partial charge in [0.15, 0.2) is 0 Å². The van der Waals surface area contributed by atoms with Gasteiger partial charge >= 0.3 is 0 Å². The zero-order valence-electron chi connectivity index (χ0n) is 9.79. The Morgan fingerprint density at radius 1 is 1.53 bits per heavy atom. The van der Waals surface area contributed by atoms with Crippen LogP contribution in [0.25, 0.3) is 0 Å². The highest BCUT2D eigenvalue weighted by atomic mass is 16.5. The first-order valence-electron chi connectivity index (χ1n) is 5.68. The Bertz CT molecular complexity index is 189. The first-order valence-corrected chi connectivity index (χ1v) is 5.68. The van der Waals surface area contributed by atoms with Gasteiger partial charge in [-0.3, -0.25) is 4.79 Å². The summed E-state index contributed by atoms with van der Waals surface area (Å²) in [6.07, 6.45) is 3.00. The van der Waals surface area contributed by atoms with Crippen molar-refractivity contribution < 1.29 is 9.53 Å². The number of nitrogens with zero attached hydrogens (tertiary/aromatic N) is 1. The topological polar surface area (TPSA) is 41.6 Å². The number of hydrogen-bond acceptors (Lipinski definition) is 3. The Balaban J connectivity index is 1.98. The zero-order valence-corrected chi connectivity index (χ0v) is 9.79. The van der Waals surface area contributed by atoms with Crippen LogP contribution < -0.4 is 5.32 Å². The molecule has 1 saturated heterocycles. The summed E-state index contributed by atoms with van der Waals surface area (Å²) >= 11 is 0. The van der Waals surface area contributed by atoms with Gasteiger partial charge in [0.05, 0.1) is 6.61 Å². The average molecular weight is 214 g/mol. The third kappa shape index (κ3) is 5.14. The lowest BCUT2D eigenvalue weighted by molar-refractivity contribution is -0.128. The third-order valence-corrected chi connectivity index (χ3v) is 2.70. The van der Waals surface area contributed by atoms with Gasteiger partial charge in [-0.15, -0.1) is 0 Å². The van der Waals surface area contributed by atoms with Gasteiger partial charge in [-0.1, -0.05) is 0 Å². The van der Waals surface area contributed by atoms with E-state index in [2.05, 4.69) is 5.32 Å². The summed E-state index contributed by atoms with van der Waals surface area (Å²) in [7, 11) is 3.58. The van der Waals surface area contributed by atoms with Crippen LogP contribution in [0.15, 0.2) is 0 Å². The maximum Gasteiger partial charge on any atom is 0.223 e. The smallest absolute Gasteiger partial charge is 0.223 e. The lowest BCUT2D eigenvalue weighted by Gasteiger charge is -2.22. The Morgan fingerprint density at radius 2 is 2.33 bits per heavy atom. The van der Waals surface area contributed by atoms with Crippen molar-refractivity contribution in [2.45, 2.75) is 19.3 Å². The average Bonchev–Trinajstić information content (AvgIpc) is 2.25. The molecule has 1 aliphatic rings. The van der Waals surface area contributed by atoms with Crippen molar-refractivity contribution in [2.75, 3.05) is 40.4 Å². The summed E-state index contributed by atoms with van der Waals surface area (Å²) in [5, 5.41) is 3.31. The van der Waals surface area contributed by atoms with E-state index in [0.29, 0.717) is 12.3 Å². The second-order valence-corrected chi connectivity index (χ2v) is 4.33. The van der Waals surface area contributed by atoms with E-state index in [0.717, 1.165) is 26.3 Å². The van der Waals surface area contributed by atoms with E-state index in [4.69, 9.17) is 4.74 Å². The summed E-state index contributed by atoms with van der Waals surface area (Å²) in [5.41, 5.74) is 0. The largest absolute Gasteiger partial charge is 0.381 e. The molecule has 0 bridgehead atoms. The molecule has 1 fully saturated rings. The van der Waals surface area contributed by atoms with Crippen LogP contribution >= 0.6 is 0 Å². The van der Waals surface area contributed by atoms with Gasteiger partial charge in [-0.25, -0.2) is 0 Å². The Morgan fingerprint density at radius 3 is 2.93 bits per heavy atom. The van der Waals surface area contributed by atoms with E-state index in [1.54, 1.807) is 19.0 Å². The normalized spacial score (nSPS) is 21.3. The number of ether oxygens (including phenoxy) is 1. The maximum absolute atomic E-state index is 11.3. The van der Waals surface area contributed by atoms with Crippen molar-refractivity contribution in [3.63, 3.8) is 0 Å². The second-order valence-electron chi connectivity index (χ2n) is 4.33. The molecule has 1 unspecified atom stereocenters. The second kappa shape index (κ2) is 6.80. The maximum atomic E-state index is 11.3. The van der Waals surface area contributed by atoms with Gasteiger partial charge in [0.2, 0.25) is 5.91 Å². The summed E-state index contributed by atoms with van der Waals surface area (Å²) < 4.78 is 5.38. The Hall–Kier alpha value is -0.610. The zero-order chi connectivity index (χ0) is 11.1. The van der Waals surface area contributed by atoms with E-state index in [9.17, 15) is 4.79 Å². The van der Waals surface area contributed by atoms with Crippen LogP contribution in [0.4, 0.5) is 0 Å². The van der Waals surface area contributed by atoms with E-state index in [-0.39, 0.29) is 5.91 Å². The minimum Gasteiger partial charge on any atom is -0.381 e. The molecule has 0 spiro atoms. The van der Waals surface area contributed by atoms with Crippen molar-refractivity contribution in [1.29, 1.82) is 0 Å². The van der Waals surface area contributed by atoms with Crippen LogP contribution in [0.2, 0.25) is 0 Å². The molecule has 0 aromatic rings. The molecule has 4 heteroatoms. The fourth-order valence-electron chi connectivity index (χ4n) is 1.69. The first kappa shape index (κ1) is 12.5. The summed E-state index contributed by atoms with van der Waals surface area (Å²) in [6, 6.07) is 0. The predicted octanol–water partition coefficient (Wildman–Crippen LogP) is 0.481. The lowest BCUT2D eigenvalue weighted by atomic mass is 10.0. The van der Waals surface area contributed by atoms with Crippen LogP contribution in [-0.2, 0) is 9.53 Å². The number of carbonyl (C=O) groups is 1. The van der Waals surface area contributed by atoms with Gasteiger partial charge in [-0.2, -0.15) is 0 Å². The fourth-order valence-corrected chi connectivity index (χ4v) is 1.69. The Kier molecular flexibility index (Phi) is 5.65. The van der Waals surface area contributed by atoms with Gasteiger partial charge in [0.1, 0.15) is 0 Å². The molecule has 88 valence electrons. The Labute approximate surface area is 92.0 Å². The van der Waals surface area contributed by atoms with Gasteiger partial charge in [0.25, 0.3) is 0 Å². The van der Waals surface area contributed by atoms with Gasteiger partial charge < -0.3 is 15.0 Å². The highest BCUT2D eigenvalue weighted by Crippen LogP contribution is 2.11. The van der Waals surface area contributed by atoms with E-state index >= 15 is 0 Å². The minimum absolute atomic E-state index is 0.183. The summed E-state index contributed by atoms with van der Waals surface area (Å²) in [6.45, 7) is 3.53. The number of nitrogens with one attached hydrogen (secondary N) is 1. The summed E-state index contributed by atoms with van der Waals surface area (Å²) in [4.78, 5) is 12.9. The van der Waals surface area contributed by atoms with E-state index in [1.807, 2.05) is 0 Å². The van der Waals surface area contributed by atoms with Crippen LogP contribution in [0.1, 0.15) is 19.3 Å². The summed E-state index contributed by atoms with van der Waals surface area (Å²) in [5.74, 6) is 0.815. The minimum atomic E-state index is 0.183. The SMILES string of the molecule is CN(C)C(=O)CCNCC1CCCOC1. The number of carbonyl (C=O) groups excluding carboxylic acids is 1. The van der Waals surface area contributed by atoms with Crippen molar-refractivity contribution in [3.8, 4) is 0 Å². The van der Waals surface area contributed by atoms with Crippen LogP contribution in [0.5, 0.6) is 0 Å². The fraction of sp³-hybridized carbons (Fsp3) is 0.909. The molecule has 1 rings (SSSR count). The van der Waals surface area contributed by atoms with Crippen molar-refractivity contribution in [3.05, 3.63) is 0 Å². The van der Waals surface area contributed by atoms with Gasteiger partial charge in [0, 0.05) is 40.2 Å². The van der Waals surface area contributed by atoms with Crippen LogP contribution in [0.3, 0.4) is 0 Å². The lowest BCUT2D eigenvalue weighted by Crippen LogP contribution is -2.32. The molecular formula is C11H22N2O2. The first-order chi connectivity index (χ1) is 7.20. The highest BCUT2D eigenvalue weighted by Gasteiger charge is 2.13. The van der Waals surface area contributed by atoms with Crippen molar-refractivity contribution in [2.24, 2.45) is 5.92 Å². The highest BCUT2D eigenvalue weighted by molar-refractivity contribution is 5.75.